The van der Waals surface area contributed by atoms with Crippen molar-refractivity contribution in [1.29, 1.82) is 0 Å². The number of carbonyl (C=O) groups excluding carboxylic acids is 1. The quantitative estimate of drug-likeness (QED) is 0.421. The Balaban J connectivity index is 1.21. The first kappa shape index (κ1) is 22.9. The number of nitrogens with one attached hydrogen (secondary N) is 1. The Morgan fingerprint density at radius 3 is 2.54 bits per heavy atom. The van der Waals surface area contributed by atoms with Crippen molar-refractivity contribution in [3.05, 3.63) is 90.6 Å². The molecule has 0 radical (unpaired) electrons. The Labute approximate surface area is 206 Å². The summed E-state index contributed by atoms with van der Waals surface area (Å²) in [5.74, 6) is 0.806. The van der Waals surface area contributed by atoms with Crippen LogP contribution in [0.1, 0.15) is 10.4 Å². The van der Waals surface area contributed by atoms with Crippen molar-refractivity contribution >= 4 is 39.2 Å². The van der Waals surface area contributed by atoms with Crippen molar-refractivity contribution in [3.63, 3.8) is 0 Å². The van der Waals surface area contributed by atoms with Crippen molar-refractivity contribution in [2.45, 2.75) is 10.9 Å². The lowest BCUT2D eigenvalue weighted by Crippen LogP contribution is -2.60. The molecule has 3 aromatic carbocycles. The zero-order valence-corrected chi connectivity index (χ0v) is 20.4. The molecule has 1 aliphatic heterocycles. The van der Waals surface area contributed by atoms with Gasteiger partial charge in [0, 0.05) is 43.0 Å². The second-order valence-corrected chi connectivity index (χ2v) is 9.61. The van der Waals surface area contributed by atoms with Crippen molar-refractivity contribution in [3.8, 4) is 5.75 Å². The summed E-state index contributed by atoms with van der Waals surface area (Å²) in [6.45, 7) is 1.29. The number of benzene rings is 3. The van der Waals surface area contributed by atoms with Crippen LogP contribution < -0.4 is 14.4 Å². The Hall–Kier alpha value is -3.91. The van der Waals surface area contributed by atoms with E-state index in [0.29, 0.717) is 34.8 Å². The molecule has 5 rings (SSSR count). The van der Waals surface area contributed by atoms with Crippen LogP contribution in [-0.2, 0) is 11.0 Å². The Kier molecular flexibility index (Phi) is 6.37. The van der Waals surface area contributed by atoms with Crippen molar-refractivity contribution in [2.75, 3.05) is 36.9 Å². The number of ether oxygens (including phenoxy) is 1. The molecule has 1 N–H and O–H groups in total. The van der Waals surface area contributed by atoms with Crippen LogP contribution in [0.4, 0.5) is 11.4 Å². The van der Waals surface area contributed by atoms with Gasteiger partial charge in [0.25, 0.3) is 5.91 Å². The maximum Gasteiger partial charge on any atom is 0.253 e. The molecule has 0 aliphatic carbocycles. The number of fused-ring (bicyclic) bond motifs is 1. The molecule has 1 amide bonds. The topological polar surface area (TPSA) is 74.8 Å². The van der Waals surface area contributed by atoms with Gasteiger partial charge in [0.15, 0.2) is 11.0 Å². The second-order valence-electron chi connectivity index (χ2n) is 8.43. The number of likely N-dealkylation sites (tertiary alicyclic amines) is 1. The predicted molar refractivity (Wildman–Crippen MR) is 139 cm³/mol. The van der Waals surface area contributed by atoms with Crippen LogP contribution >= 0.6 is 0 Å². The second kappa shape index (κ2) is 9.76. The first-order valence-corrected chi connectivity index (χ1v) is 12.5. The maximum atomic E-state index is 13.0. The van der Waals surface area contributed by atoms with Crippen LogP contribution in [0.15, 0.2) is 90.0 Å². The van der Waals surface area contributed by atoms with Crippen molar-refractivity contribution in [2.24, 2.45) is 0 Å². The van der Waals surface area contributed by atoms with Gasteiger partial charge >= 0.3 is 0 Å². The number of carbonyl (C=O) groups is 1. The zero-order chi connectivity index (χ0) is 24.4. The normalized spacial score (nSPS) is 14.3. The van der Waals surface area contributed by atoms with E-state index in [1.807, 2.05) is 60.5 Å². The number of pyridine rings is 1. The summed E-state index contributed by atoms with van der Waals surface area (Å²) >= 11 is 0. The van der Waals surface area contributed by atoms with Crippen molar-refractivity contribution in [1.82, 2.24) is 9.88 Å². The molecule has 0 spiro atoms. The molecule has 1 unspecified atom stereocenters. The minimum atomic E-state index is -1.48. The average molecular weight is 487 g/mol. The van der Waals surface area contributed by atoms with Crippen LogP contribution in [0.5, 0.6) is 5.75 Å². The lowest BCUT2D eigenvalue weighted by molar-refractivity contribution is 0.0603. The largest absolute Gasteiger partial charge is 0.495 e. The van der Waals surface area contributed by atoms with Gasteiger partial charge in [-0.15, -0.1) is 0 Å². The predicted octanol–water partition coefficient (Wildman–Crippen LogP) is 4.34. The molecular formula is C27H26N4O3S. The maximum absolute atomic E-state index is 13.0. The standard InChI is InChI=1S/C27H26N4O3S/c1-30(23-9-3-4-10-24(23)34-2)22-17-31(18-22)27(32)20-12-14-21(15-13-20)29-35(33)25-11-5-7-19-8-6-16-28-26(19)25/h3-16,22,29H,17-18H2,1-2H3. The summed E-state index contributed by atoms with van der Waals surface area (Å²) in [4.78, 5) is 21.9. The van der Waals surface area contributed by atoms with E-state index in [1.54, 1.807) is 43.6 Å². The zero-order valence-electron chi connectivity index (χ0n) is 19.5. The average Bonchev–Trinajstić information content (AvgIpc) is 2.87. The molecule has 35 heavy (non-hydrogen) atoms. The number of rotatable bonds is 7. The van der Waals surface area contributed by atoms with Crippen LogP contribution in [0.2, 0.25) is 0 Å². The molecule has 8 heteroatoms. The van der Waals surface area contributed by atoms with E-state index >= 15 is 0 Å². The van der Waals surface area contributed by atoms with Gasteiger partial charge in [-0.25, -0.2) is 4.21 Å². The summed E-state index contributed by atoms with van der Waals surface area (Å²) in [6.07, 6.45) is 1.69. The fraction of sp³-hybridized carbons (Fsp3) is 0.185. The number of amides is 1. The number of anilines is 2. The highest BCUT2D eigenvalue weighted by molar-refractivity contribution is 7.86. The summed E-state index contributed by atoms with van der Waals surface area (Å²) in [5, 5.41) is 0.935. The fourth-order valence-corrected chi connectivity index (χ4v) is 5.24. The van der Waals surface area contributed by atoms with E-state index in [9.17, 15) is 9.00 Å². The van der Waals surface area contributed by atoms with E-state index in [2.05, 4.69) is 14.6 Å². The summed E-state index contributed by atoms with van der Waals surface area (Å²) in [6, 6.07) is 24.6. The molecule has 1 saturated heterocycles. The number of aromatic nitrogens is 1. The highest BCUT2D eigenvalue weighted by Crippen LogP contribution is 2.31. The van der Waals surface area contributed by atoms with E-state index in [-0.39, 0.29) is 11.9 Å². The number of nitrogens with zero attached hydrogens (tertiary/aromatic N) is 3. The van der Waals surface area contributed by atoms with Crippen molar-refractivity contribution < 1.29 is 13.7 Å². The van der Waals surface area contributed by atoms with Crippen LogP contribution in [0, 0.1) is 0 Å². The van der Waals surface area contributed by atoms with E-state index in [1.165, 1.54) is 0 Å². The first-order chi connectivity index (χ1) is 17.0. The number of likely N-dealkylation sites (N-methyl/N-ethyl adjacent to an activating group) is 1. The van der Waals surface area contributed by atoms with Gasteiger partial charge in [0.1, 0.15) is 5.75 Å². The van der Waals surface area contributed by atoms with E-state index < -0.39 is 11.0 Å². The van der Waals surface area contributed by atoms with Crippen LogP contribution in [0.25, 0.3) is 10.9 Å². The minimum absolute atomic E-state index is 0.0133. The molecule has 4 aromatic rings. The number of para-hydroxylation sites is 3. The lowest BCUT2D eigenvalue weighted by Gasteiger charge is -2.45. The van der Waals surface area contributed by atoms with Gasteiger partial charge in [-0.1, -0.05) is 30.3 Å². The third-order valence-corrected chi connectivity index (χ3v) is 7.45. The summed E-state index contributed by atoms with van der Waals surface area (Å²) in [5.41, 5.74) is 2.99. The van der Waals surface area contributed by atoms with Gasteiger partial charge in [-0.3, -0.25) is 9.78 Å². The lowest BCUT2D eigenvalue weighted by atomic mass is 10.0. The smallest absolute Gasteiger partial charge is 0.253 e. The monoisotopic (exact) mass is 486 g/mol. The summed E-state index contributed by atoms with van der Waals surface area (Å²) < 4.78 is 21.4. The molecule has 1 fully saturated rings. The van der Waals surface area contributed by atoms with Gasteiger partial charge in [0.2, 0.25) is 0 Å². The molecule has 2 heterocycles. The molecule has 1 atom stereocenters. The molecule has 178 valence electrons. The Morgan fingerprint density at radius 1 is 1.03 bits per heavy atom. The molecule has 1 aliphatic rings. The van der Waals surface area contributed by atoms with Gasteiger partial charge in [-0.05, 0) is 48.5 Å². The molecule has 7 nitrogen and oxygen atoms in total. The number of methoxy groups -OCH3 is 1. The third kappa shape index (κ3) is 4.57. The van der Waals surface area contributed by atoms with E-state index in [0.717, 1.165) is 16.8 Å². The van der Waals surface area contributed by atoms with E-state index in [4.69, 9.17) is 4.74 Å². The first-order valence-electron chi connectivity index (χ1n) is 11.3. The van der Waals surface area contributed by atoms with Crippen LogP contribution in [0.3, 0.4) is 0 Å². The van der Waals surface area contributed by atoms with Gasteiger partial charge in [0.05, 0.1) is 29.3 Å². The van der Waals surface area contributed by atoms with Crippen LogP contribution in [-0.4, -0.2) is 53.3 Å². The summed E-state index contributed by atoms with van der Waals surface area (Å²) in [7, 11) is 2.21. The Morgan fingerprint density at radius 2 is 1.77 bits per heavy atom. The molecular weight excluding hydrogens is 460 g/mol. The van der Waals surface area contributed by atoms with Gasteiger partial charge in [-0.2, -0.15) is 0 Å². The molecule has 1 aromatic heterocycles. The highest BCUT2D eigenvalue weighted by Gasteiger charge is 2.34. The SMILES string of the molecule is COc1ccccc1N(C)C1CN(C(=O)c2ccc(NS(=O)c3cccc4cccnc34)cc2)C1. The fourth-order valence-electron chi connectivity index (χ4n) is 4.24. The highest BCUT2D eigenvalue weighted by atomic mass is 32.2. The molecule has 0 bridgehead atoms. The third-order valence-electron chi connectivity index (χ3n) is 6.30. The number of hydrogen-bond donors (Lipinski definition) is 1. The minimum Gasteiger partial charge on any atom is -0.495 e. The number of hydrogen-bond acceptors (Lipinski definition) is 5. The Bertz CT molecular complexity index is 1380. The molecule has 0 saturated carbocycles. The van der Waals surface area contributed by atoms with Gasteiger partial charge < -0.3 is 19.3 Å².